The van der Waals surface area contributed by atoms with Crippen LogP contribution < -0.4 is 4.90 Å². The molecule has 0 bridgehead atoms. The lowest BCUT2D eigenvalue weighted by Gasteiger charge is -2.14. The van der Waals surface area contributed by atoms with Gasteiger partial charge in [0.15, 0.2) is 0 Å². The van der Waals surface area contributed by atoms with Crippen LogP contribution in [0.25, 0.3) is 0 Å². The van der Waals surface area contributed by atoms with Gasteiger partial charge in [-0.1, -0.05) is 97.8 Å². The lowest BCUT2D eigenvalue weighted by Crippen LogP contribution is -3.11. The van der Waals surface area contributed by atoms with Crippen molar-refractivity contribution >= 4 is 0 Å². The van der Waals surface area contributed by atoms with Crippen LogP contribution in [0.1, 0.15) is 125 Å². The van der Waals surface area contributed by atoms with E-state index in [4.69, 9.17) is 0 Å². The van der Waals surface area contributed by atoms with Gasteiger partial charge in [0.2, 0.25) is 0 Å². The van der Waals surface area contributed by atoms with Gasteiger partial charge in [0.05, 0.1) is 19.6 Å². The van der Waals surface area contributed by atoms with Crippen LogP contribution >= 0.6 is 0 Å². The Labute approximate surface area is 149 Å². The lowest BCUT2D eigenvalue weighted by atomic mass is 10.0. The summed E-state index contributed by atoms with van der Waals surface area (Å²) in [5.74, 6) is 0. The number of unbranched alkanes of at least 4 members (excludes halogenated alkanes) is 13. The van der Waals surface area contributed by atoms with Crippen molar-refractivity contribution in [1.82, 2.24) is 0 Å². The van der Waals surface area contributed by atoms with E-state index in [1.165, 1.54) is 110 Å². The summed E-state index contributed by atoms with van der Waals surface area (Å²) in [5.41, 5.74) is 0. The minimum absolute atomic E-state index is 1.30. The molecule has 0 saturated carbocycles. The Hall–Kier alpha value is -0.0400. The number of quaternary nitrogens is 1. The molecule has 0 aromatic rings. The molecular formula is C22H50N+. The van der Waals surface area contributed by atoms with Gasteiger partial charge in [-0.05, 0) is 26.7 Å². The Morgan fingerprint density at radius 2 is 0.739 bits per heavy atom. The zero-order valence-corrected chi connectivity index (χ0v) is 17.5. The highest BCUT2D eigenvalue weighted by Crippen LogP contribution is 2.12. The van der Waals surface area contributed by atoms with Crippen LogP contribution in [0.4, 0.5) is 0 Å². The molecule has 1 N–H and O–H groups in total. The van der Waals surface area contributed by atoms with E-state index in [9.17, 15) is 0 Å². The molecular weight excluding hydrogens is 278 g/mol. The molecule has 0 unspecified atom stereocenters. The summed E-state index contributed by atoms with van der Waals surface area (Å²) in [6.45, 7) is 14.9. The van der Waals surface area contributed by atoms with Gasteiger partial charge in [-0.25, -0.2) is 0 Å². The summed E-state index contributed by atoms with van der Waals surface area (Å²) in [4.78, 5) is 1.77. The van der Waals surface area contributed by atoms with Crippen molar-refractivity contribution in [1.29, 1.82) is 0 Å². The van der Waals surface area contributed by atoms with E-state index in [2.05, 4.69) is 20.8 Å². The molecule has 0 amide bonds. The molecule has 0 heterocycles. The average molecular weight is 329 g/mol. The minimum Gasteiger partial charge on any atom is -0.335 e. The third kappa shape index (κ3) is 22.0. The minimum atomic E-state index is 1.30. The summed E-state index contributed by atoms with van der Waals surface area (Å²) in [7, 11) is 0. The molecule has 0 atom stereocenters. The Bertz CT molecular complexity index is 175. The molecule has 1 nitrogen and oxygen atoms in total. The Kier molecular flexibility index (Phi) is 26.5. The van der Waals surface area contributed by atoms with Crippen molar-refractivity contribution in [2.45, 2.75) is 125 Å². The molecule has 0 aliphatic rings. The summed E-state index contributed by atoms with van der Waals surface area (Å²) >= 11 is 0. The Morgan fingerprint density at radius 3 is 1.04 bits per heavy atom. The van der Waals surface area contributed by atoms with E-state index in [0.717, 1.165) is 0 Å². The van der Waals surface area contributed by atoms with Crippen LogP contribution in [0.3, 0.4) is 0 Å². The fourth-order valence-corrected chi connectivity index (χ4v) is 3.17. The first-order valence-corrected chi connectivity index (χ1v) is 11.2. The van der Waals surface area contributed by atoms with Crippen molar-refractivity contribution < 1.29 is 4.90 Å². The first-order valence-electron chi connectivity index (χ1n) is 11.2. The van der Waals surface area contributed by atoms with Crippen molar-refractivity contribution in [2.24, 2.45) is 0 Å². The average Bonchev–Trinajstić information content (AvgIpc) is 2.60. The number of rotatable bonds is 17. The Morgan fingerprint density at radius 1 is 0.435 bits per heavy atom. The monoisotopic (exact) mass is 328 g/mol. The Balaban J connectivity index is 0. The highest BCUT2D eigenvalue weighted by atomic mass is 15.1. The molecule has 23 heavy (non-hydrogen) atoms. The summed E-state index contributed by atoms with van der Waals surface area (Å²) < 4.78 is 0. The van der Waals surface area contributed by atoms with Gasteiger partial charge in [0.1, 0.15) is 0 Å². The molecule has 0 aliphatic heterocycles. The molecule has 142 valence electrons. The molecule has 0 aromatic carbocycles. The third-order valence-electron chi connectivity index (χ3n) is 4.88. The zero-order chi connectivity index (χ0) is 17.6. The molecule has 0 spiro atoms. The molecule has 0 radical (unpaired) electrons. The van der Waals surface area contributed by atoms with Crippen molar-refractivity contribution in [2.75, 3.05) is 19.6 Å². The summed E-state index contributed by atoms with van der Waals surface area (Å²) in [5, 5.41) is 0. The summed E-state index contributed by atoms with van der Waals surface area (Å²) in [6.07, 6.45) is 20.5. The van der Waals surface area contributed by atoms with Crippen LogP contribution in [0.15, 0.2) is 0 Å². The predicted molar refractivity (Wildman–Crippen MR) is 109 cm³/mol. The largest absolute Gasteiger partial charge is 0.335 e. The standard InChI is InChI=1S/C20H43N.C2H6/c1-4-7-8-9-10-11-12-13-14-15-16-17-18-19-20-21(5-2)6-3;1-2/h4-20H2,1-3H3;1-2H3/p+1. The van der Waals surface area contributed by atoms with Gasteiger partial charge >= 0.3 is 0 Å². The van der Waals surface area contributed by atoms with E-state index in [0.29, 0.717) is 0 Å². The van der Waals surface area contributed by atoms with Crippen molar-refractivity contribution in [3.8, 4) is 0 Å². The van der Waals surface area contributed by atoms with E-state index >= 15 is 0 Å². The lowest BCUT2D eigenvalue weighted by molar-refractivity contribution is -0.896. The van der Waals surface area contributed by atoms with E-state index < -0.39 is 0 Å². The van der Waals surface area contributed by atoms with Gasteiger partial charge in [-0.2, -0.15) is 0 Å². The second-order valence-corrected chi connectivity index (χ2v) is 6.80. The highest BCUT2D eigenvalue weighted by molar-refractivity contribution is 4.49. The highest BCUT2D eigenvalue weighted by Gasteiger charge is 2.01. The number of nitrogens with one attached hydrogen (secondary N) is 1. The van der Waals surface area contributed by atoms with Gasteiger partial charge in [0, 0.05) is 0 Å². The van der Waals surface area contributed by atoms with Gasteiger partial charge in [0.25, 0.3) is 0 Å². The second-order valence-electron chi connectivity index (χ2n) is 6.80. The van der Waals surface area contributed by atoms with Crippen LogP contribution in [-0.2, 0) is 0 Å². The quantitative estimate of drug-likeness (QED) is 0.294. The topological polar surface area (TPSA) is 4.44 Å². The number of hydrogen-bond acceptors (Lipinski definition) is 0. The maximum Gasteiger partial charge on any atom is 0.0770 e. The second kappa shape index (κ2) is 24.2. The van der Waals surface area contributed by atoms with E-state index in [1.807, 2.05) is 13.8 Å². The van der Waals surface area contributed by atoms with Crippen LogP contribution in [0, 0.1) is 0 Å². The smallest absolute Gasteiger partial charge is 0.0770 e. The van der Waals surface area contributed by atoms with Gasteiger partial charge in [-0.15, -0.1) is 0 Å². The molecule has 0 fully saturated rings. The first-order chi connectivity index (χ1) is 11.3. The normalized spacial score (nSPS) is 10.7. The van der Waals surface area contributed by atoms with Crippen molar-refractivity contribution in [3.05, 3.63) is 0 Å². The SMILES string of the molecule is CC.CCCCCCCCCCCCCCCC[NH+](CC)CC. The van der Waals surface area contributed by atoms with Crippen LogP contribution in [-0.4, -0.2) is 19.6 Å². The predicted octanol–water partition coefficient (Wildman–Crippen LogP) is 6.42. The van der Waals surface area contributed by atoms with E-state index in [1.54, 1.807) is 4.90 Å². The number of hydrogen-bond donors (Lipinski definition) is 1. The zero-order valence-electron chi connectivity index (χ0n) is 17.5. The van der Waals surface area contributed by atoms with E-state index in [-0.39, 0.29) is 0 Å². The molecule has 0 saturated heterocycles. The van der Waals surface area contributed by atoms with Crippen LogP contribution in [0.2, 0.25) is 0 Å². The fourth-order valence-electron chi connectivity index (χ4n) is 3.17. The summed E-state index contributed by atoms with van der Waals surface area (Å²) in [6, 6.07) is 0. The van der Waals surface area contributed by atoms with Gasteiger partial charge < -0.3 is 4.90 Å². The molecule has 0 aliphatic carbocycles. The molecule has 0 rings (SSSR count). The first kappa shape index (κ1) is 25.2. The van der Waals surface area contributed by atoms with Gasteiger partial charge in [-0.3, -0.25) is 0 Å². The fraction of sp³-hybridized carbons (Fsp3) is 1.00. The maximum atomic E-state index is 2.31. The van der Waals surface area contributed by atoms with Crippen LogP contribution in [0.5, 0.6) is 0 Å². The molecule has 0 aromatic heterocycles. The van der Waals surface area contributed by atoms with Crippen molar-refractivity contribution in [3.63, 3.8) is 0 Å². The maximum absolute atomic E-state index is 2.31. The third-order valence-corrected chi connectivity index (χ3v) is 4.88. The molecule has 1 heteroatoms.